The lowest BCUT2D eigenvalue weighted by molar-refractivity contribution is -0.137. The van der Waals surface area contributed by atoms with Crippen LogP contribution in [-0.4, -0.2) is 20.9 Å². The van der Waals surface area contributed by atoms with Crippen molar-refractivity contribution in [2.75, 3.05) is 10.6 Å². The number of rotatable bonds is 5. The van der Waals surface area contributed by atoms with E-state index in [4.69, 9.17) is 0 Å². The molecule has 3 aromatic rings. The van der Waals surface area contributed by atoms with Crippen molar-refractivity contribution >= 4 is 17.5 Å². The number of pyridine rings is 1. The molecule has 0 saturated carbocycles. The number of aryl methyl sites for hydroxylation is 1. The van der Waals surface area contributed by atoms with Crippen molar-refractivity contribution in [2.45, 2.75) is 19.6 Å². The Labute approximate surface area is 158 Å². The second-order valence-corrected chi connectivity index (χ2v) is 5.96. The van der Waals surface area contributed by atoms with Crippen LogP contribution in [-0.2, 0) is 12.7 Å². The first-order valence-electron chi connectivity index (χ1n) is 8.28. The first-order valence-corrected chi connectivity index (χ1v) is 8.28. The summed E-state index contributed by atoms with van der Waals surface area (Å²) >= 11 is 0. The van der Waals surface area contributed by atoms with E-state index in [1.165, 1.54) is 18.2 Å². The molecule has 1 aromatic carbocycles. The van der Waals surface area contributed by atoms with Gasteiger partial charge in [-0.25, -0.2) is 9.97 Å². The standard InChI is InChI=1S/C19H16F3N5O/c1-12-10-16(27-18(25-12)24-11-13-6-8-23-9-7-13)17(28)26-15-4-2-14(3-5-15)19(20,21)22/h2-10H,11H2,1H3,(H,26,28)(H,24,25,27). The van der Waals surface area contributed by atoms with E-state index in [1.807, 2.05) is 12.1 Å². The van der Waals surface area contributed by atoms with Gasteiger partial charge in [0, 0.05) is 30.3 Å². The van der Waals surface area contributed by atoms with Gasteiger partial charge in [0.15, 0.2) is 0 Å². The van der Waals surface area contributed by atoms with E-state index in [0.29, 0.717) is 12.2 Å². The maximum absolute atomic E-state index is 12.6. The Hall–Kier alpha value is -3.49. The molecule has 0 aliphatic carbocycles. The molecule has 9 heteroatoms. The second-order valence-electron chi connectivity index (χ2n) is 5.96. The van der Waals surface area contributed by atoms with Crippen LogP contribution in [0.25, 0.3) is 0 Å². The zero-order chi connectivity index (χ0) is 20.1. The van der Waals surface area contributed by atoms with Gasteiger partial charge in [-0.05, 0) is 55.0 Å². The predicted octanol–water partition coefficient (Wildman–Crippen LogP) is 4.06. The number of hydrogen-bond donors (Lipinski definition) is 2. The first-order chi connectivity index (χ1) is 13.3. The van der Waals surface area contributed by atoms with Crippen molar-refractivity contribution < 1.29 is 18.0 Å². The number of aromatic nitrogens is 3. The Morgan fingerprint density at radius 3 is 2.36 bits per heavy atom. The van der Waals surface area contributed by atoms with Crippen LogP contribution in [0.3, 0.4) is 0 Å². The van der Waals surface area contributed by atoms with Crippen molar-refractivity contribution in [3.8, 4) is 0 Å². The molecule has 144 valence electrons. The number of amides is 1. The topological polar surface area (TPSA) is 79.8 Å². The SMILES string of the molecule is Cc1cc(C(=O)Nc2ccc(C(F)(F)F)cc2)nc(NCc2ccncc2)n1. The third kappa shape index (κ3) is 5.03. The Kier molecular flexibility index (Phi) is 5.53. The fourth-order valence-electron chi connectivity index (χ4n) is 2.38. The third-order valence-electron chi connectivity index (χ3n) is 3.76. The summed E-state index contributed by atoms with van der Waals surface area (Å²) in [6.07, 6.45) is -1.10. The lowest BCUT2D eigenvalue weighted by Gasteiger charge is -2.10. The third-order valence-corrected chi connectivity index (χ3v) is 3.76. The van der Waals surface area contributed by atoms with Gasteiger partial charge in [-0.2, -0.15) is 13.2 Å². The summed E-state index contributed by atoms with van der Waals surface area (Å²) in [5.41, 5.74) is 1.09. The maximum Gasteiger partial charge on any atom is 0.416 e. The number of benzene rings is 1. The molecule has 0 bridgehead atoms. The van der Waals surface area contributed by atoms with Gasteiger partial charge in [-0.15, -0.1) is 0 Å². The highest BCUT2D eigenvalue weighted by Crippen LogP contribution is 2.29. The number of nitrogens with zero attached hydrogens (tertiary/aromatic N) is 3. The van der Waals surface area contributed by atoms with Gasteiger partial charge in [0.25, 0.3) is 5.91 Å². The van der Waals surface area contributed by atoms with Crippen molar-refractivity contribution in [1.82, 2.24) is 15.0 Å². The molecule has 0 aliphatic rings. The highest BCUT2D eigenvalue weighted by atomic mass is 19.4. The number of carbonyl (C=O) groups is 1. The first kappa shape index (κ1) is 19.3. The molecule has 28 heavy (non-hydrogen) atoms. The van der Waals surface area contributed by atoms with Gasteiger partial charge in [0.05, 0.1) is 5.56 Å². The molecular weight excluding hydrogens is 371 g/mol. The lowest BCUT2D eigenvalue weighted by atomic mass is 10.2. The summed E-state index contributed by atoms with van der Waals surface area (Å²) in [4.78, 5) is 24.8. The molecular formula is C19H16F3N5O. The van der Waals surface area contributed by atoms with Crippen LogP contribution >= 0.6 is 0 Å². The molecule has 3 rings (SSSR count). The normalized spacial score (nSPS) is 11.1. The van der Waals surface area contributed by atoms with Gasteiger partial charge in [0.2, 0.25) is 5.95 Å². The summed E-state index contributed by atoms with van der Waals surface area (Å²) in [5, 5.41) is 5.56. The van der Waals surface area contributed by atoms with Gasteiger partial charge < -0.3 is 10.6 Å². The highest BCUT2D eigenvalue weighted by molar-refractivity contribution is 6.03. The van der Waals surface area contributed by atoms with Crippen LogP contribution in [0, 0.1) is 6.92 Å². The van der Waals surface area contributed by atoms with E-state index in [1.54, 1.807) is 19.3 Å². The number of carbonyl (C=O) groups excluding carboxylic acids is 1. The fraction of sp³-hybridized carbons (Fsp3) is 0.158. The van der Waals surface area contributed by atoms with Crippen LogP contribution in [0.1, 0.15) is 27.3 Å². The molecule has 2 N–H and O–H groups in total. The Bertz CT molecular complexity index is 960. The van der Waals surface area contributed by atoms with Gasteiger partial charge in [0.1, 0.15) is 5.69 Å². The van der Waals surface area contributed by atoms with E-state index < -0.39 is 17.6 Å². The number of nitrogens with one attached hydrogen (secondary N) is 2. The summed E-state index contributed by atoms with van der Waals surface area (Å²) in [7, 11) is 0. The van der Waals surface area contributed by atoms with Crippen LogP contribution in [0.5, 0.6) is 0 Å². The second kappa shape index (κ2) is 8.03. The highest BCUT2D eigenvalue weighted by Gasteiger charge is 2.30. The van der Waals surface area contributed by atoms with Crippen molar-refractivity contribution in [3.05, 3.63) is 77.4 Å². The van der Waals surface area contributed by atoms with E-state index in [0.717, 1.165) is 17.7 Å². The molecule has 0 unspecified atom stereocenters. The summed E-state index contributed by atoms with van der Waals surface area (Å²) in [6.45, 7) is 2.17. The molecule has 0 spiro atoms. The monoisotopic (exact) mass is 387 g/mol. The van der Waals surface area contributed by atoms with Crippen LogP contribution in [0.2, 0.25) is 0 Å². The largest absolute Gasteiger partial charge is 0.416 e. The molecule has 2 heterocycles. The molecule has 0 aliphatic heterocycles. The minimum absolute atomic E-state index is 0.102. The van der Waals surface area contributed by atoms with E-state index in [9.17, 15) is 18.0 Å². The smallest absolute Gasteiger partial charge is 0.350 e. The van der Waals surface area contributed by atoms with Crippen molar-refractivity contribution in [2.24, 2.45) is 0 Å². The van der Waals surface area contributed by atoms with E-state index in [-0.39, 0.29) is 17.3 Å². The Morgan fingerprint density at radius 2 is 1.71 bits per heavy atom. The number of halogens is 3. The van der Waals surface area contributed by atoms with Crippen LogP contribution in [0.15, 0.2) is 54.9 Å². The average molecular weight is 387 g/mol. The Morgan fingerprint density at radius 1 is 1.04 bits per heavy atom. The number of anilines is 2. The molecule has 2 aromatic heterocycles. The van der Waals surface area contributed by atoms with E-state index >= 15 is 0 Å². The summed E-state index contributed by atoms with van der Waals surface area (Å²) in [6, 6.07) is 9.36. The molecule has 0 fully saturated rings. The van der Waals surface area contributed by atoms with E-state index in [2.05, 4.69) is 25.6 Å². The quantitative estimate of drug-likeness (QED) is 0.690. The van der Waals surface area contributed by atoms with Crippen LogP contribution in [0.4, 0.5) is 24.8 Å². The van der Waals surface area contributed by atoms with Gasteiger partial charge in [-0.3, -0.25) is 9.78 Å². The van der Waals surface area contributed by atoms with Crippen molar-refractivity contribution in [3.63, 3.8) is 0 Å². The molecule has 6 nitrogen and oxygen atoms in total. The fourth-order valence-corrected chi connectivity index (χ4v) is 2.38. The minimum Gasteiger partial charge on any atom is -0.350 e. The number of hydrogen-bond acceptors (Lipinski definition) is 5. The maximum atomic E-state index is 12.6. The predicted molar refractivity (Wildman–Crippen MR) is 97.7 cm³/mol. The van der Waals surface area contributed by atoms with Crippen molar-refractivity contribution in [1.29, 1.82) is 0 Å². The van der Waals surface area contributed by atoms with Gasteiger partial charge in [-0.1, -0.05) is 0 Å². The minimum atomic E-state index is -4.43. The molecule has 0 atom stereocenters. The molecule has 0 saturated heterocycles. The zero-order valence-electron chi connectivity index (χ0n) is 14.8. The Balaban J connectivity index is 1.70. The van der Waals surface area contributed by atoms with Gasteiger partial charge >= 0.3 is 6.18 Å². The summed E-state index contributed by atoms with van der Waals surface area (Å²) < 4.78 is 37.8. The average Bonchev–Trinajstić information content (AvgIpc) is 2.66. The summed E-state index contributed by atoms with van der Waals surface area (Å²) in [5.74, 6) is -0.272. The molecule has 1 amide bonds. The zero-order valence-corrected chi connectivity index (χ0v) is 14.8. The lowest BCUT2D eigenvalue weighted by Crippen LogP contribution is -2.16. The number of alkyl halides is 3. The molecule has 0 radical (unpaired) electrons. The van der Waals surface area contributed by atoms with Crippen LogP contribution < -0.4 is 10.6 Å².